The SMILES string of the molecule is COc1ccc(-c2nc3scc(-c4ccc(C)c(C)c4)c3c(=O)[nH]2)cc1OC. The van der Waals surface area contributed by atoms with E-state index in [1.165, 1.54) is 22.5 Å². The van der Waals surface area contributed by atoms with Crippen LogP contribution in [0.25, 0.3) is 32.7 Å². The Morgan fingerprint density at radius 3 is 2.39 bits per heavy atom. The summed E-state index contributed by atoms with van der Waals surface area (Å²) < 4.78 is 10.6. The van der Waals surface area contributed by atoms with Gasteiger partial charge in [0.15, 0.2) is 11.5 Å². The van der Waals surface area contributed by atoms with Crippen molar-refractivity contribution in [2.24, 2.45) is 0 Å². The van der Waals surface area contributed by atoms with Gasteiger partial charge in [-0.3, -0.25) is 4.79 Å². The fraction of sp³-hybridized carbons (Fsp3) is 0.182. The highest BCUT2D eigenvalue weighted by Crippen LogP contribution is 2.34. The zero-order valence-electron chi connectivity index (χ0n) is 16.1. The van der Waals surface area contributed by atoms with Crippen molar-refractivity contribution >= 4 is 21.6 Å². The second-order valence-electron chi connectivity index (χ2n) is 6.61. The summed E-state index contributed by atoms with van der Waals surface area (Å²) in [6.07, 6.45) is 0. The fourth-order valence-electron chi connectivity index (χ4n) is 3.19. The minimum Gasteiger partial charge on any atom is -0.493 e. The first-order valence-electron chi connectivity index (χ1n) is 8.83. The van der Waals surface area contributed by atoms with E-state index in [4.69, 9.17) is 9.47 Å². The fourth-order valence-corrected chi connectivity index (χ4v) is 4.14. The number of fused-ring (bicyclic) bond motifs is 1. The lowest BCUT2D eigenvalue weighted by Crippen LogP contribution is -2.09. The first-order chi connectivity index (χ1) is 13.5. The molecule has 0 aliphatic rings. The lowest BCUT2D eigenvalue weighted by atomic mass is 10.0. The Morgan fingerprint density at radius 2 is 1.68 bits per heavy atom. The van der Waals surface area contributed by atoms with Gasteiger partial charge in [0.2, 0.25) is 0 Å². The zero-order chi connectivity index (χ0) is 19.8. The molecule has 0 saturated heterocycles. The maximum Gasteiger partial charge on any atom is 0.260 e. The Bertz CT molecular complexity index is 1240. The van der Waals surface area contributed by atoms with Crippen LogP contribution < -0.4 is 15.0 Å². The van der Waals surface area contributed by atoms with Crippen LogP contribution in [0.4, 0.5) is 0 Å². The van der Waals surface area contributed by atoms with Crippen LogP contribution in [0.3, 0.4) is 0 Å². The quantitative estimate of drug-likeness (QED) is 0.534. The number of thiophene rings is 1. The van der Waals surface area contributed by atoms with Crippen LogP contribution in [0.1, 0.15) is 11.1 Å². The van der Waals surface area contributed by atoms with Crippen molar-refractivity contribution < 1.29 is 9.47 Å². The molecule has 6 heteroatoms. The number of aryl methyl sites for hydroxylation is 2. The summed E-state index contributed by atoms with van der Waals surface area (Å²) in [5.74, 6) is 1.72. The predicted molar refractivity (Wildman–Crippen MR) is 114 cm³/mol. The number of aromatic amines is 1. The normalized spacial score (nSPS) is 11.0. The van der Waals surface area contributed by atoms with Gasteiger partial charge in [-0.05, 0) is 48.7 Å². The van der Waals surface area contributed by atoms with Crippen LogP contribution in [0, 0.1) is 13.8 Å². The maximum atomic E-state index is 12.9. The molecule has 0 unspecified atom stereocenters. The van der Waals surface area contributed by atoms with Crippen LogP contribution in [-0.2, 0) is 0 Å². The van der Waals surface area contributed by atoms with Gasteiger partial charge in [0, 0.05) is 16.5 Å². The van der Waals surface area contributed by atoms with Gasteiger partial charge in [-0.2, -0.15) is 0 Å². The van der Waals surface area contributed by atoms with Gasteiger partial charge in [-0.25, -0.2) is 4.98 Å². The summed E-state index contributed by atoms with van der Waals surface area (Å²) >= 11 is 1.47. The largest absolute Gasteiger partial charge is 0.493 e. The van der Waals surface area contributed by atoms with Crippen LogP contribution in [0.5, 0.6) is 11.5 Å². The third-order valence-corrected chi connectivity index (χ3v) is 5.79. The molecule has 4 aromatic rings. The number of benzene rings is 2. The Hall–Kier alpha value is -3.12. The van der Waals surface area contributed by atoms with Gasteiger partial charge < -0.3 is 14.5 Å². The number of nitrogens with zero attached hydrogens (tertiary/aromatic N) is 1. The minimum atomic E-state index is -0.149. The highest BCUT2D eigenvalue weighted by Gasteiger charge is 2.15. The van der Waals surface area contributed by atoms with E-state index >= 15 is 0 Å². The van der Waals surface area contributed by atoms with E-state index in [1.807, 2.05) is 17.5 Å². The number of H-pyrrole nitrogens is 1. The molecule has 0 bridgehead atoms. The molecule has 0 aliphatic carbocycles. The molecule has 0 saturated carbocycles. The van der Waals surface area contributed by atoms with Gasteiger partial charge in [0.1, 0.15) is 10.7 Å². The van der Waals surface area contributed by atoms with E-state index in [2.05, 4.69) is 35.9 Å². The van der Waals surface area contributed by atoms with Crippen molar-refractivity contribution in [3.63, 3.8) is 0 Å². The van der Waals surface area contributed by atoms with Crippen LogP contribution >= 0.6 is 11.3 Å². The molecule has 0 spiro atoms. The highest BCUT2D eigenvalue weighted by atomic mass is 32.1. The van der Waals surface area contributed by atoms with Gasteiger partial charge >= 0.3 is 0 Å². The van der Waals surface area contributed by atoms with Crippen LogP contribution in [0.2, 0.25) is 0 Å². The molecular weight excluding hydrogens is 372 g/mol. The Labute approximate surface area is 166 Å². The number of hydrogen-bond donors (Lipinski definition) is 1. The average Bonchev–Trinajstić information content (AvgIpc) is 3.14. The second-order valence-corrected chi connectivity index (χ2v) is 7.47. The maximum absolute atomic E-state index is 12.9. The summed E-state index contributed by atoms with van der Waals surface area (Å²) in [7, 11) is 3.17. The molecule has 142 valence electrons. The standard InChI is InChI=1S/C22H20N2O3S/c1-12-5-6-14(9-13(12)2)16-11-28-22-19(16)21(25)23-20(24-22)15-7-8-17(26-3)18(10-15)27-4/h5-11H,1-4H3,(H,23,24,25). The molecule has 0 atom stereocenters. The first-order valence-corrected chi connectivity index (χ1v) is 9.71. The Morgan fingerprint density at radius 1 is 0.929 bits per heavy atom. The average molecular weight is 392 g/mol. The van der Waals surface area contributed by atoms with E-state index in [-0.39, 0.29) is 5.56 Å². The lowest BCUT2D eigenvalue weighted by molar-refractivity contribution is 0.355. The van der Waals surface area contributed by atoms with Crippen molar-refractivity contribution in [1.29, 1.82) is 0 Å². The summed E-state index contributed by atoms with van der Waals surface area (Å²) in [5, 5.41) is 2.62. The van der Waals surface area contributed by atoms with Gasteiger partial charge in [-0.15, -0.1) is 11.3 Å². The third kappa shape index (κ3) is 3.05. The number of nitrogens with one attached hydrogen (secondary N) is 1. The Kier molecular flexibility index (Phi) is 4.65. The first kappa shape index (κ1) is 18.3. The van der Waals surface area contributed by atoms with Crippen molar-refractivity contribution in [2.45, 2.75) is 13.8 Å². The molecule has 2 heterocycles. The van der Waals surface area contributed by atoms with E-state index < -0.39 is 0 Å². The predicted octanol–water partition coefficient (Wildman–Crippen LogP) is 4.95. The highest BCUT2D eigenvalue weighted by molar-refractivity contribution is 7.17. The smallest absolute Gasteiger partial charge is 0.260 e. The molecule has 2 aromatic heterocycles. The lowest BCUT2D eigenvalue weighted by Gasteiger charge is -2.09. The zero-order valence-corrected chi connectivity index (χ0v) is 16.9. The van der Waals surface area contributed by atoms with E-state index in [0.717, 1.165) is 16.7 Å². The van der Waals surface area contributed by atoms with Crippen LogP contribution in [-0.4, -0.2) is 24.2 Å². The molecule has 2 aromatic carbocycles. The number of aromatic nitrogens is 2. The summed E-state index contributed by atoms with van der Waals surface area (Å²) in [6, 6.07) is 11.7. The van der Waals surface area contributed by atoms with Crippen LogP contribution in [0.15, 0.2) is 46.6 Å². The van der Waals surface area contributed by atoms with E-state index in [0.29, 0.717) is 27.5 Å². The van der Waals surface area contributed by atoms with Gasteiger partial charge in [0.25, 0.3) is 5.56 Å². The van der Waals surface area contributed by atoms with Gasteiger partial charge in [0.05, 0.1) is 19.6 Å². The molecule has 1 N–H and O–H groups in total. The molecule has 5 nitrogen and oxygen atoms in total. The number of rotatable bonds is 4. The minimum absolute atomic E-state index is 0.149. The number of methoxy groups -OCH3 is 2. The topological polar surface area (TPSA) is 64.2 Å². The molecule has 0 aliphatic heterocycles. The van der Waals surface area contributed by atoms with Crippen molar-refractivity contribution in [3.05, 3.63) is 63.3 Å². The van der Waals surface area contributed by atoms with Crippen molar-refractivity contribution in [2.75, 3.05) is 14.2 Å². The van der Waals surface area contributed by atoms with Crippen molar-refractivity contribution in [3.8, 4) is 34.0 Å². The van der Waals surface area contributed by atoms with Crippen molar-refractivity contribution in [1.82, 2.24) is 9.97 Å². The monoisotopic (exact) mass is 392 g/mol. The number of hydrogen-bond acceptors (Lipinski definition) is 5. The van der Waals surface area contributed by atoms with Gasteiger partial charge in [-0.1, -0.05) is 18.2 Å². The molecule has 0 fully saturated rings. The number of ether oxygens (including phenoxy) is 2. The summed E-state index contributed by atoms with van der Waals surface area (Å²) in [6.45, 7) is 4.15. The Balaban J connectivity index is 1.85. The summed E-state index contributed by atoms with van der Waals surface area (Å²) in [4.78, 5) is 21.2. The second kappa shape index (κ2) is 7.13. The molecule has 28 heavy (non-hydrogen) atoms. The summed E-state index contributed by atoms with van der Waals surface area (Å²) in [5.41, 5.74) is 4.98. The molecular formula is C22H20N2O3S. The third-order valence-electron chi connectivity index (χ3n) is 4.92. The van der Waals surface area contributed by atoms with E-state index in [9.17, 15) is 4.79 Å². The molecule has 4 rings (SSSR count). The molecule has 0 amide bonds. The van der Waals surface area contributed by atoms with E-state index in [1.54, 1.807) is 26.4 Å². The molecule has 0 radical (unpaired) electrons.